The minimum atomic E-state index is -4.06. The van der Waals surface area contributed by atoms with Gasteiger partial charge in [-0.3, -0.25) is 4.79 Å². The molecule has 33 heavy (non-hydrogen) atoms. The van der Waals surface area contributed by atoms with Crippen LogP contribution < -0.4 is 0 Å². The number of carbonyl (C=O) groups is 2. The molecular weight excluding hydrogens is 512 g/mol. The number of esters is 1. The molecule has 3 rings (SSSR count). The number of benzene rings is 1. The van der Waals surface area contributed by atoms with Gasteiger partial charge in [0.05, 0.1) is 30.9 Å². The van der Waals surface area contributed by atoms with E-state index in [1.54, 1.807) is 49.7 Å². The van der Waals surface area contributed by atoms with Crippen LogP contribution in [0.15, 0.2) is 56.4 Å². The molecule has 0 aliphatic rings. The number of sulfonamides is 1. The van der Waals surface area contributed by atoms with Crippen molar-refractivity contribution in [2.24, 2.45) is 7.05 Å². The average molecular weight is 537 g/mol. The molecule has 0 aliphatic carbocycles. The first-order valence-electron chi connectivity index (χ1n) is 10.1. The highest BCUT2D eigenvalue weighted by Crippen LogP contribution is 2.28. The van der Waals surface area contributed by atoms with Gasteiger partial charge in [-0.15, -0.1) is 0 Å². The average Bonchev–Trinajstić information content (AvgIpc) is 3.37. The van der Waals surface area contributed by atoms with E-state index < -0.39 is 27.8 Å². The van der Waals surface area contributed by atoms with Crippen LogP contribution in [0.3, 0.4) is 0 Å². The Kier molecular flexibility index (Phi) is 7.30. The summed E-state index contributed by atoms with van der Waals surface area (Å²) in [6.07, 6.45) is 1.44. The lowest BCUT2D eigenvalue weighted by atomic mass is 10.0. The van der Waals surface area contributed by atoms with Gasteiger partial charge in [-0.25, -0.2) is 13.2 Å². The molecule has 0 radical (unpaired) electrons. The third kappa shape index (κ3) is 4.68. The van der Waals surface area contributed by atoms with Crippen molar-refractivity contribution >= 4 is 37.7 Å². The molecule has 176 valence electrons. The molecule has 0 spiro atoms. The lowest BCUT2D eigenvalue weighted by Crippen LogP contribution is -2.43. The molecule has 2 aromatic heterocycles. The highest BCUT2D eigenvalue weighted by atomic mass is 79.9. The standard InChI is InChI=1S/C23H25BrN2O6S/c1-14-20(15(2)25(4)21(14)23(28)31-5)22(27)16(3)26(13-18-7-6-12-32-18)33(29,30)19-10-8-17(24)9-11-19/h6-12,16H,13H2,1-5H3. The Hall–Kier alpha value is -2.69. The molecular formula is C23H25BrN2O6S. The molecule has 2 heterocycles. The lowest BCUT2D eigenvalue weighted by molar-refractivity contribution is 0.0588. The van der Waals surface area contributed by atoms with Crippen LogP contribution in [-0.2, 0) is 28.4 Å². The minimum Gasteiger partial charge on any atom is -0.468 e. The zero-order valence-corrected chi connectivity index (χ0v) is 21.4. The van der Waals surface area contributed by atoms with Gasteiger partial charge in [0.25, 0.3) is 0 Å². The fraction of sp³-hybridized carbons (Fsp3) is 0.304. The number of rotatable bonds is 8. The molecule has 0 N–H and O–H groups in total. The van der Waals surface area contributed by atoms with Crippen LogP contribution in [0.1, 0.15) is 44.8 Å². The summed E-state index contributed by atoms with van der Waals surface area (Å²) >= 11 is 3.31. The Morgan fingerprint density at radius 3 is 2.36 bits per heavy atom. The Bertz CT molecular complexity index is 1280. The van der Waals surface area contributed by atoms with Crippen LogP contribution in [0, 0.1) is 13.8 Å². The third-order valence-corrected chi connectivity index (χ3v) is 8.14. The van der Waals surface area contributed by atoms with Gasteiger partial charge in [-0.1, -0.05) is 15.9 Å². The summed E-state index contributed by atoms with van der Waals surface area (Å²) in [4.78, 5) is 26.0. The molecule has 1 atom stereocenters. The molecule has 1 aromatic carbocycles. The molecule has 0 aliphatic heterocycles. The Morgan fingerprint density at radius 1 is 1.18 bits per heavy atom. The fourth-order valence-corrected chi connectivity index (χ4v) is 5.62. The van der Waals surface area contributed by atoms with E-state index in [4.69, 9.17) is 9.15 Å². The number of hydrogen-bond donors (Lipinski definition) is 0. The van der Waals surface area contributed by atoms with Gasteiger partial charge < -0.3 is 13.7 Å². The van der Waals surface area contributed by atoms with Crippen molar-refractivity contribution < 1.29 is 27.2 Å². The van der Waals surface area contributed by atoms with Gasteiger partial charge in [0.15, 0.2) is 5.78 Å². The highest BCUT2D eigenvalue weighted by Gasteiger charge is 2.37. The maximum Gasteiger partial charge on any atom is 0.354 e. The number of aromatic nitrogens is 1. The predicted molar refractivity (Wildman–Crippen MR) is 126 cm³/mol. The van der Waals surface area contributed by atoms with E-state index in [9.17, 15) is 18.0 Å². The number of carbonyl (C=O) groups excluding carboxylic acids is 2. The van der Waals surface area contributed by atoms with E-state index in [0.29, 0.717) is 22.6 Å². The second-order valence-electron chi connectivity index (χ2n) is 7.61. The van der Waals surface area contributed by atoms with Gasteiger partial charge in [-0.05, 0) is 62.7 Å². The summed E-state index contributed by atoms with van der Waals surface area (Å²) in [7, 11) is -1.13. The quantitative estimate of drug-likeness (QED) is 0.315. The van der Waals surface area contributed by atoms with Gasteiger partial charge >= 0.3 is 5.97 Å². The highest BCUT2D eigenvalue weighted by molar-refractivity contribution is 9.10. The Labute approximate surface area is 201 Å². The number of methoxy groups -OCH3 is 1. The van der Waals surface area contributed by atoms with Crippen LogP contribution in [0.5, 0.6) is 0 Å². The van der Waals surface area contributed by atoms with E-state index in [1.807, 2.05) is 0 Å². The number of hydrogen-bond acceptors (Lipinski definition) is 6. The Morgan fingerprint density at radius 2 is 1.82 bits per heavy atom. The normalized spacial score (nSPS) is 12.7. The van der Waals surface area contributed by atoms with E-state index in [1.165, 1.54) is 32.4 Å². The predicted octanol–water partition coefficient (Wildman–Crippen LogP) is 4.25. The number of Topliss-reactive ketones (excluding diaryl/α,β-unsaturated/α-hetero) is 1. The van der Waals surface area contributed by atoms with Crippen LogP contribution in [0.4, 0.5) is 0 Å². The van der Waals surface area contributed by atoms with Gasteiger partial charge in [0.2, 0.25) is 10.0 Å². The number of furan rings is 1. The Balaban J connectivity index is 2.09. The van der Waals surface area contributed by atoms with Crippen LogP contribution in [0.25, 0.3) is 0 Å². The molecule has 1 unspecified atom stereocenters. The van der Waals surface area contributed by atoms with E-state index in [2.05, 4.69) is 15.9 Å². The lowest BCUT2D eigenvalue weighted by Gasteiger charge is -2.27. The molecule has 3 aromatic rings. The summed E-state index contributed by atoms with van der Waals surface area (Å²) in [5, 5.41) is 0. The molecule has 8 nitrogen and oxygen atoms in total. The summed E-state index contributed by atoms with van der Waals surface area (Å²) < 4.78 is 40.8. The van der Waals surface area contributed by atoms with Crippen molar-refractivity contribution in [1.82, 2.24) is 8.87 Å². The number of ether oxygens (including phenoxy) is 1. The minimum absolute atomic E-state index is 0.0497. The molecule has 0 amide bonds. The molecule has 10 heteroatoms. The number of halogens is 1. The molecule has 0 bridgehead atoms. The van der Waals surface area contributed by atoms with Crippen molar-refractivity contribution in [3.8, 4) is 0 Å². The van der Waals surface area contributed by atoms with Crippen molar-refractivity contribution in [2.75, 3.05) is 7.11 Å². The van der Waals surface area contributed by atoms with Crippen LogP contribution in [0.2, 0.25) is 0 Å². The first-order valence-corrected chi connectivity index (χ1v) is 12.3. The summed E-state index contributed by atoms with van der Waals surface area (Å²) in [5.41, 5.74) is 1.53. The largest absolute Gasteiger partial charge is 0.468 e. The second kappa shape index (κ2) is 9.66. The smallest absolute Gasteiger partial charge is 0.354 e. The second-order valence-corrected chi connectivity index (χ2v) is 10.4. The summed E-state index contributed by atoms with van der Waals surface area (Å²) in [6, 6.07) is 8.42. The van der Waals surface area contributed by atoms with Crippen molar-refractivity contribution in [2.45, 2.75) is 38.3 Å². The third-order valence-electron chi connectivity index (χ3n) is 5.68. The van der Waals surface area contributed by atoms with E-state index >= 15 is 0 Å². The molecule has 0 fully saturated rings. The summed E-state index contributed by atoms with van der Waals surface area (Å²) in [5.74, 6) is -0.602. The fourth-order valence-electron chi connectivity index (χ4n) is 3.79. The van der Waals surface area contributed by atoms with Crippen molar-refractivity contribution in [3.05, 3.63) is 75.4 Å². The topological polar surface area (TPSA) is 98.8 Å². The number of nitrogens with zero attached hydrogens (tertiary/aromatic N) is 2. The zero-order valence-electron chi connectivity index (χ0n) is 19.0. The molecule has 0 saturated heterocycles. The van der Waals surface area contributed by atoms with E-state index in [-0.39, 0.29) is 17.1 Å². The SMILES string of the molecule is COC(=O)c1c(C)c(C(=O)C(C)N(Cc2ccco2)S(=O)(=O)c2ccc(Br)cc2)c(C)n1C. The number of ketones is 1. The van der Waals surface area contributed by atoms with Crippen molar-refractivity contribution in [1.29, 1.82) is 0 Å². The maximum atomic E-state index is 13.7. The first kappa shape index (κ1) is 24.9. The van der Waals surface area contributed by atoms with Crippen LogP contribution in [-0.4, -0.2) is 42.2 Å². The van der Waals surface area contributed by atoms with E-state index in [0.717, 1.165) is 8.78 Å². The molecule has 0 saturated carbocycles. The maximum absolute atomic E-state index is 13.7. The van der Waals surface area contributed by atoms with Crippen molar-refractivity contribution in [3.63, 3.8) is 0 Å². The zero-order chi connectivity index (χ0) is 24.5. The van der Waals surface area contributed by atoms with Gasteiger partial charge in [0, 0.05) is 22.8 Å². The van der Waals surface area contributed by atoms with Crippen LogP contribution >= 0.6 is 15.9 Å². The van der Waals surface area contributed by atoms with Gasteiger partial charge in [0.1, 0.15) is 11.5 Å². The first-order chi connectivity index (χ1) is 15.5. The van der Waals surface area contributed by atoms with Gasteiger partial charge in [-0.2, -0.15) is 4.31 Å². The summed E-state index contributed by atoms with van der Waals surface area (Å²) in [6.45, 7) is 4.76. The monoisotopic (exact) mass is 536 g/mol.